The van der Waals surface area contributed by atoms with E-state index in [2.05, 4.69) is 4.98 Å². The maximum Gasteiger partial charge on any atom is 0.309 e. The number of carbonyl (C=O) groups excluding carboxylic acids is 2. The molecule has 1 aliphatic heterocycles. The highest BCUT2D eigenvalue weighted by Gasteiger charge is 2.30. The number of fused-ring (bicyclic) bond motifs is 1. The number of hydrogen-bond acceptors (Lipinski definition) is 6. The molecule has 190 valence electrons. The van der Waals surface area contributed by atoms with Crippen molar-refractivity contribution in [2.45, 2.75) is 24.7 Å². The molecule has 1 N–H and O–H groups in total. The Hall–Kier alpha value is -3.73. The summed E-state index contributed by atoms with van der Waals surface area (Å²) in [5, 5.41) is 0.0517. The molecule has 2 heterocycles. The van der Waals surface area contributed by atoms with Crippen LogP contribution in [0.25, 0.3) is 10.9 Å². The number of halogens is 1. The number of sulfonamides is 1. The standard InChI is InChI=1S/C25H26FN3O6S/c1-3-35-25(32)16-10-12-29(13-11-16)24(31)21-15-27-22-9-8-19(14-20(22)23(21)30)36(33,34)28(2)18-6-4-17(26)5-7-18/h4-9,14-16H,3,10-13H2,1-2H3,(H,27,30). The number of nitrogens with one attached hydrogen (secondary N) is 1. The van der Waals surface area contributed by atoms with Crippen LogP contribution in [0.15, 0.2) is 58.4 Å². The van der Waals surface area contributed by atoms with Crippen LogP contribution in [0.2, 0.25) is 0 Å². The van der Waals surface area contributed by atoms with Crippen molar-refractivity contribution in [2.75, 3.05) is 31.0 Å². The van der Waals surface area contributed by atoms with Crippen molar-refractivity contribution in [1.82, 2.24) is 9.88 Å². The first-order valence-corrected chi connectivity index (χ1v) is 12.9. The molecule has 1 aliphatic rings. The summed E-state index contributed by atoms with van der Waals surface area (Å²) in [6, 6.07) is 9.02. The summed E-state index contributed by atoms with van der Waals surface area (Å²) >= 11 is 0. The van der Waals surface area contributed by atoms with Crippen molar-refractivity contribution < 1.29 is 27.1 Å². The van der Waals surface area contributed by atoms with Crippen LogP contribution in [0, 0.1) is 11.7 Å². The number of carbonyl (C=O) groups is 2. The van der Waals surface area contributed by atoms with Gasteiger partial charge in [-0.2, -0.15) is 0 Å². The van der Waals surface area contributed by atoms with Gasteiger partial charge in [0.1, 0.15) is 11.4 Å². The van der Waals surface area contributed by atoms with E-state index in [1.165, 1.54) is 48.5 Å². The van der Waals surface area contributed by atoms with Gasteiger partial charge in [-0.3, -0.25) is 18.7 Å². The number of ether oxygens (including phenoxy) is 1. The molecule has 36 heavy (non-hydrogen) atoms. The fourth-order valence-electron chi connectivity index (χ4n) is 4.21. The molecule has 1 aromatic heterocycles. The number of amides is 1. The summed E-state index contributed by atoms with van der Waals surface area (Å²) in [4.78, 5) is 42.6. The number of benzene rings is 2. The minimum atomic E-state index is -4.07. The van der Waals surface area contributed by atoms with Gasteiger partial charge in [0.25, 0.3) is 15.9 Å². The van der Waals surface area contributed by atoms with Crippen molar-refractivity contribution in [3.05, 3.63) is 70.3 Å². The van der Waals surface area contributed by atoms with Crippen LogP contribution in [-0.4, -0.2) is 56.9 Å². The SMILES string of the molecule is CCOC(=O)C1CCN(C(=O)c2c[nH]c3ccc(S(=O)(=O)N(C)c4ccc(F)cc4)cc3c2=O)CC1. The lowest BCUT2D eigenvalue weighted by molar-refractivity contribution is -0.149. The van der Waals surface area contributed by atoms with Gasteiger partial charge in [0.15, 0.2) is 0 Å². The Morgan fingerprint density at radius 3 is 2.44 bits per heavy atom. The predicted octanol–water partition coefficient (Wildman–Crippen LogP) is 2.91. The van der Waals surface area contributed by atoms with E-state index in [0.29, 0.717) is 38.1 Å². The van der Waals surface area contributed by atoms with Gasteiger partial charge < -0.3 is 14.6 Å². The van der Waals surface area contributed by atoms with Crippen LogP contribution in [0.5, 0.6) is 0 Å². The highest BCUT2D eigenvalue weighted by atomic mass is 32.2. The first-order chi connectivity index (χ1) is 17.1. The number of nitrogens with zero attached hydrogens (tertiary/aromatic N) is 2. The molecule has 0 saturated carbocycles. The molecule has 0 aliphatic carbocycles. The first-order valence-electron chi connectivity index (χ1n) is 11.5. The minimum Gasteiger partial charge on any atom is -0.466 e. The van der Waals surface area contributed by atoms with E-state index >= 15 is 0 Å². The summed E-state index contributed by atoms with van der Waals surface area (Å²) in [6.07, 6.45) is 2.20. The molecule has 2 aromatic carbocycles. The van der Waals surface area contributed by atoms with Crippen molar-refractivity contribution in [2.24, 2.45) is 5.92 Å². The number of anilines is 1. The van der Waals surface area contributed by atoms with Crippen molar-refractivity contribution in [3.63, 3.8) is 0 Å². The fraction of sp³-hybridized carbons (Fsp3) is 0.320. The van der Waals surface area contributed by atoms with Crippen LogP contribution < -0.4 is 9.73 Å². The third kappa shape index (κ3) is 4.83. The van der Waals surface area contributed by atoms with Crippen molar-refractivity contribution >= 4 is 38.5 Å². The largest absolute Gasteiger partial charge is 0.466 e. The Balaban J connectivity index is 1.61. The monoisotopic (exact) mass is 515 g/mol. The second kappa shape index (κ2) is 10.1. The van der Waals surface area contributed by atoms with Crippen LogP contribution >= 0.6 is 0 Å². The third-order valence-corrected chi connectivity index (χ3v) is 8.11. The number of hydrogen-bond donors (Lipinski definition) is 1. The molecule has 0 bridgehead atoms. The van der Waals surface area contributed by atoms with Crippen LogP contribution in [-0.2, 0) is 19.6 Å². The summed E-state index contributed by atoms with van der Waals surface area (Å²) in [7, 11) is -2.74. The number of aromatic nitrogens is 1. The Labute approximate surface area is 207 Å². The first kappa shape index (κ1) is 25.4. The molecular weight excluding hydrogens is 489 g/mol. The lowest BCUT2D eigenvalue weighted by atomic mass is 9.96. The number of piperidine rings is 1. The molecule has 1 saturated heterocycles. The van der Waals surface area contributed by atoms with E-state index in [4.69, 9.17) is 4.74 Å². The van der Waals surface area contributed by atoms with E-state index in [9.17, 15) is 27.2 Å². The van der Waals surface area contributed by atoms with Gasteiger partial charge in [0.2, 0.25) is 5.43 Å². The summed E-state index contributed by atoms with van der Waals surface area (Å²) in [5.74, 6) is -1.55. The molecule has 1 amide bonds. The van der Waals surface area contributed by atoms with E-state index in [1.807, 2.05) is 0 Å². The lowest BCUT2D eigenvalue weighted by Crippen LogP contribution is -2.42. The Kier molecular flexibility index (Phi) is 7.11. The van der Waals surface area contributed by atoms with Crippen molar-refractivity contribution in [3.8, 4) is 0 Å². The topological polar surface area (TPSA) is 117 Å². The van der Waals surface area contributed by atoms with Crippen LogP contribution in [0.3, 0.4) is 0 Å². The zero-order valence-corrected chi connectivity index (χ0v) is 20.7. The molecule has 0 unspecified atom stereocenters. The van der Waals surface area contributed by atoms with Gasteiger partial charge in [0, 0.05) is 37.2 Å². The van der Waals surface area contributed by atoms with E-state index in [0.717, 1.165) is 16.4 Å². The van der Waals surface area contributed by atoms with Gasteiger partial charge >= 0.3 is 5.97 Å². The smallest absolute Gasteiger partial charge is 0.309 e. The molecule has 3 aromatic rings. The summed E-state index contributed by atoms with van der Waals surface area (Å²) in [6.45, 7) is 2.63. The lowest BCUT2D eigenvalue weighted by Gasteiger charge is -2.30. The van der Waals surface area contributed by atoms with Gasteiger partial charge in [-0.1, -0.05) is 0 Å². The Bertz CT molecular complexity index is 1460. The predicted molar refractivity (Wildman–Crippen MR) is 132 cm³/mol. The molecule has 4 rings (SSSR count). The van der Waals surface area contributed by atoms with Gasteiger partial charge in [-0.05, 0) is 62.2 Å². The number of aromatic amines is 1. The highest BCUT2D eigenvalue weighted by Crippen LogP contribution is 2.25. The molecule has 11 heteroatoms. The number of esters is 1. The van der Waals surface area contributed by atoms with Gasteiger partial charge in [-0.15, -0.1) is 0 Å². The van der Waals surface area contributed by atoms with Crippen LogP contribution in [0.1, 0.15) is 30.1 Å². The molecule has 0 radical (unpaired) electrons. The fourth-order valence-corrected chi connectivity index (χ4v) is 5.44. The summed E-state index contributed by atoms with van der Waals surface area (Å²) < 4.78 is 45.7. The molecule has 0 atom stereocenters. The number of H-pyrrole nitrogens is 1. The average molecular weight is 516 g/mol. The minimum absolute atomic E-state index is 0.0517. The van der Waals surface area contributed by atoms with E-state index in [-0.39, 0.29) is 33.4 Å². The average Bonchev–Trinajstić information content (AvgIpc) is 2.88. The van der Waals surface area contributed by atoms with Crippen LogP contribution in [0.4, 0.5) is 10.1 Å². The zero-order valence-electron chi connectivity index (χ0n) is 19.9. The Morgan fingerprint density at radius 2 is 1.81 bits per heavy atom. The van der Waals surface area contributed by atoms with Crippen molar-refractivity contribution in [1.29, 1.82) is 0 Å². The highest BCUT2D eigenvalue weighted by molar-refractivity contribution is 7.92. The Morgan fingerprint density at radius 1 is 1.14 bits per heavy atom. The quantitative estimate of drug-likeness (QED) is 0.505. The normalized spacial score (nSPS) is 14.6. The van der Waals surface area contributed by atoms with Gasteiger partial charge in [-0.25, -0.2) is 12.8 Å². The third-order valence-electron chi connectivity index (χ3n) is 6.33. The molecule has 9 nitrogen and oxygen atoms in total. The molecule has 0 spiro atoms. The van der Waals surface area contributed by atoms with E-state index in [1.54, 1.807) is 6.92 Å². The summed E-state index contributed by atoms with van der Waals surface area (Å²) in [5.41, 5.74) is -0.0808. The zero-order chi connectivity index (χ0) is 26.0. The number of likely N-dealkylation sites (tertiary alicyclic amines) is 1. The second-order valence-corrected chi connectivity index (χ2v) is 10.5. The maximum atomic E-state index is 13.3. The van der Waals surface area contributed by atoms with Gasteiger partial charge in [0.05, 0.1) is 23.1 Å². The second-order valence-electron chi connectivity index (χ2n) is 8.51. The van der Waals surface area contributed by atoms with E-state index < -0.39 is 27.2 Å². The molecular formula is C25H26FN3O6S. The molecule has 1 fully saturated rings. The number of rotatable bonds is 6. The maximum absolute atomic E-state index is 13.3. The number of pyridine rings is 1.